The summed E-state index contributed by atoms with van der Waals surface area (Å²) in [4.78, 5) is 0. The minimum absolute atomic E-state index is 0.403. The van der Waals surface area contributed by atoms with Crippen molar-refractivity contribution in [2.45, 2.75) is 5.75 Å². The van der Waals surface area contributed by atoms with E-state index in [2.05, 4.69) is 21.0 Å². The molecule has 0 heterocycles. The third-order valence-electron chi connectivity index (χ3n) is 1.40. The minimum Gasteiger partial charge on any atom is -0.377 e. The fraction of sp³-hybridized carbons (Fsp3) is 0.125. The topological polar surface area (TPSA) is 64.4 Å². The molecule has 0 unspecified atom stereocenters. The van der Waals surface area contributed by atoms with Crippen LogP contribution >= 0.6 is 27.7 Å². The number of hydrogen-bond donors (Lipinski definition) is 2. The molecular formula is C8H10BrN3S. The molecule has 0 aliphatic rings. The Morgan fingerprint density at radius 2 is 2.31 bits per heavy atom. The van der Waals surface area contributed by atoms with Gasteiger partial charge in [0, 0.05) is 10.2 Å². The summed E-state index contributed by atoms with van der Waals surface area (Å²) in [6.07, 6.45) is 0. The van der Waals surface area contributed by atoms with Crippen molar-refractivity contribution in [2.24, 2.45) is 16.7 Å². The number of rotatable bonds is 2. The van der Waals surface area contributed by atoms with Gasteiger partial charge in [-0.2, -0.15) is 5.10 Å². The molecule has 0 fully saturated rings. The van der Waals surface area contributed by atoms with Gasteiger partial charge in [-0.25, -0.2) is 0 Å². The van der Waals surface area contributed by atoms with Crippen LogP contribution < -0.4 is 11.6 Å². The van der Waals surface area contributed by atoms with Gasteiger partial charge in [-0.1, -0.05) is 39.8 Å². The quantitative estimate of drug-likeness (QED) is 0.369. The summed E-state index contributed by atoms with van der Waals surface area (Å²) in [6, 6.07) is 8.03. The van der Waals surface area contributed by atoms with E-state index in [1.807, 2.05) is 24.3 Å². The van der Waals surface area contributed by atoms with E-state index in [1.165, 1.54) is 17.3 Å². The highest BCUT2D eigenvalue weighted by Crippen LogP contribution is 2.16. The van der Waals surface area contributed by atoms with Crippen LogP contribution in [-0.4, -0.2) is 5.17 Å². The molecule has 3 nitrogen and oxygen atoms in total. The number of nitrogens with two attached hydrogens (primary N) is 2. The van der Waals surface area contributed by atoms with Gasteiger partial charge in [0.05, 0.1) is 0 Å². The standard InChI is InChI=1S/C8H10BrN3S/c9-7-3-1-2-6(4-7)5-13-8(10)12-11/h1-4H,5,11H2,(H2,10,12). The van der Waals surface area contributed by atoms with Crippen molar-refractivity contribution in [1.82, 2.24) is 0 Å². The Morgan fingerprint density at radius 3 is 2.92 bits per heavy atom. The van der Waals surface area contributed by atoms with E-state index in [9.17, 15) is 0 Å². The van der Waals surface area contributed by atoms with Gasteiger partial charge in [-0.15, -0.1) is 0 Å². The summed E-state index contributed by atoms with van der Waals surface area (Å²) < 4.78 is 1.06. The van der Waals surface area contributed by atoms with Gasteiger partial charge in [0.1, 0.15) is 0 Å². The lowest BCUT2D eigenvalue weighted by molar-refractivity contribution is 1.25. The van der Waals surface area contributed by atoms with Crippen molar-refractivity contribution >= 4 is 32.9 Å². The van der Waals surface area contributed by atoms with Crippen molar-refractivity contribution in [1.29, 1.82) is 0 Å². The molecule has 0 amide bonds. The van der Waals surface area contributed by atoms with Gasteiger partial charge in [-0.05, 0) is 17.7 Å². The first kappa shape index (κ1) is 10.4. The normalized spacial score (nSPS) is 11.6. The largest absolute Gasteiger partial charge is 0.377 e. The van der Waals surface area contributed by atoms with Crippen LogP contribution in [0.3, 0.4) is 0 Å². The summed E-state index contributed by atoms with van der Waals surface area (Å²) in [5.41, 5.74) is 6.62. The average Bonchev–Trinajstić information content (AvgIpc) is 2.14. The first-order chi connectivity index (χ1) is 6.22. The van der Waals surface area contributed by atoms with Crippen LogP contribution in [0.4, 0.5) is 0 Å². The number of halogens is 1. The Kier molecular flexibility index (Phi) is 4.11. The third-order valence-corrected chi connectivity index (χ3v) is 2.78. The Hall–Kier alpha value is -0.680. The number of hydrazone groups is 1. The first-order valence-corrected chi connectivity index (χ1v) is 5.41. The molecule has 0 aromatic heterocycles. The molecule has 0 spiro atoms. The summed E-state index contributed by atoms with van der Waals surface area (Å²) in [6.45, 7) is 0. The van der Waals surface area contributed by atoms with Gasteiger partial charge in [-0.3, -0.25) is 0 Å². The maximum Gasteiger partial charge on any atom is 0.177 e. The van der Waals surface area contributed by atoms with Crippen LogP contribution in [-0.2, 0) is 5.75 Å². The van der Waals surface area contributed by atoms with Crippen molar-refractivity contribution in [3.05, 3.63) is 34.3 Å². The van der Waals surface area contributed by atoms with Crippen molar-refractivity contribution in [3.63, 3.8) is 0 Å². The van der Waals surface area contributed by atoms with Gasteiger partial charge in [0.2, 0.25) is 0 Å². The van der Waals surface area contributed by atoms with Gasteiger partial charge in [0.15, 0.2) is 5.17 Å². The van der Waals surface area contributed by atoms with Gasteiger partial charge in [0.25, 0.3) is 0 Å². The van der Waals surface area contributed by atoms with Crippen LogP contribution in [0.25, 0.3) is 0 Å². The zero-order chi connectivity index (χ0) is 9.68. The molecule has 5 heteroatoms. The predicted octanol–water partition coefficient (Wildman–Crippen LogP) is 1.87. The number of thioether (sulfide) groups is 1. The molecule has 1 aromatic carbocycles. The number of nitrogens with zero attached hydrogens (tertiary/aromatic N) is 1. The average molecular weight is 260 g/mol. The molecule has 0 radical (unpaired) electrons. The summed E-state index contributed by atoms with van der Waals surface area (Å²) in [5.74, 6) is 5.78. The lowest BCUT2D eigenvalue weighted by Gasteiger charge is -2.00. The molecule has 13 heavy (non-hydrogen) atoms. The summed E-state index contributed by atoms with van der Waals surface area (Å²) in [5, 5.41) is 3.77. The SMILES string of the molecule is NN=C(N)SCc1cccc(Br)c1. The van der Waals surface area contributed by atoms with E-state index in [4.69, 9.17) is 11.6 Å². The molecule has 1 rings (SSSR count). The van der Waals surface area contributed by atoms with Crippen molar-refractivity contribution < 1.29 is 0 Å². The fourth-order valence-electron chi connectivity index (χ4n) is 0.821. The van der Waals surface area contributed by atoms with Crippen LogP contribution in [0, 0.1) is 0 Å². The molecule has 0 saturated heterocycles. The molecule has 0 atom stereocenters. The molecular weight excluding hydrogens is 250 g/mol. The molecule has 0 saturated carbocycles. The van der Waals surface area contributed by atoms with E-state index >= 15 is 0 Å². The lowest BCUT2D eigenvalue weighted by Crippen LogP contribution is -2.09. The van der Waals surface area contributed by atoms with E-state index in [0.29, 0.717) is 5.17 Å². The highest BCUT2D eigenvalue weighted by atomic mass is 79.9. The molecule has 70 valence electrons. The van der Waals surface area contributed by atoms with E-state index < -0.39 is 0 Å². The number of benzene rings is 1. The second kappa shape index (κ2) is 5.14. The number of amidine groups is 1. The monoisotopic (exact) mass is 259 g/mol. The molecule has 0 aliphatic carbocycles. The highest BCUT2D eigenvalue weighted by Gasteiger charge is 1.96. The Morgan fingerprint density at radius 1 is 1.54 bits per heavy atom. The van der Waals surface area contributed by atoms with Gasteiger partial charge >= 0.3 is 0 Å². The molecule has 0 bridgehead atoms. The van der Waals surface area contributed by atoms with Crippen molar-refractivity contribution in [3.8, 4) is 0 Å². The van der Waals surface area contributed by atoms with E-state index in [0.717, 1.165) is 10.2 Å². The Bertz CT molecular complexity index is 314. The highest BCUT2D eigenvalue weighted by molar-refractivity contribution is 9.10. The van der Waals surface area contributed by atoms with Crippen LogP contribution in [0.5, 0.6) is 0 Å². The smallest absolute Gasteiger partial charge is 0.177 e. The molecule has 0 aliphatic heterocycles. The third kappa shape index (κ3) is 3.69. The fourth-order valence-corrected chi connectivity index (χ4v) is 1.84. The summed E-state index contributed by atoms with van der Waals surface area (Å²) in [7, 11) is 0. The van der Waals surface area contributed by atoms with E-state index in [1.54, 1.807) is 0 Å². The van der Waals surface area contributed by atoms with Crippen molar-refractivity contribution in [2.75, 3.05) is 0 Å². The van der Waals surface area contributed by atoms with Crippen LogP contribution in [0.2, 0.25) is 0 Å². The van der Waals surface area contributed by atoms with Crippen LogP contribution in [0.15, 0.2) is 33.8 Å². The number of hydrogen-bond acceptors (Lipinski definition) is 3. The Labute approximate surface area is 89.7 Å². The maximum absolute atomic E-state index is 5.44. The molecule has 1 aromatic rings. The molecule has 4 N–H and O–H groups in total. The van der Waals surface area contributed by atoms with Gasteiger partial charge < -0.3 is 11.6 Å². The summed E-state index contributed by atoms with van der Waals surface area (Å²) >= 11 is 4.81. The Balaban J connectivity index is 2.55. The van der Waals surface area contributed by atoms with E-state index in [-0.39, 0.29) is 0 Å². The first-order valence-electron chi connectivity index (χ1n) is 3.63. The van der Waals surface area contributed by atoms with Crippen LogP contribution in [0.1, 0.15) is 5.56 Å². The lowest BCUT2D eigenvalue weighted by atomic mass is 10.2. The maximum atomic E-state index is 5.44. The zero-order valence-electron chi connectivity index (χ0n) is 6.90. The second-order valence-corrected chi connectivity index (χ2v) is 4.30. The zero-order valence-corrected chi connectivity index (χ0v) is 9.31. The predicted molar refractivity (Wildman–Crippen MR) is 61.2 cm³/mol. The minimum atomic E-state index is 0.403. The second-order valence-electron chi connectivity index (χ2n) is 2.39.